The first-order chi connectivity index (χ1) is 13.0. The molecule has 2 aromatic carbocycles. The number of carbonyl (C=O) groups excluding carboxylic acids is 1. The molecule has 1 aliphatic carbocycles. The predicted molar refractivity (Wildman–Crippen MR) is 105 cm³/mol. The van der Waals surface area contributed by atoms with Crippen molar-refractivity contribution in [2.45, 2.75) is 32.6 Å². The fraction of sp³-hybridized carbons (Fsp3) is 0.273. The lowest BCUT2D eigenvalue weighted by Gasteiger charge is -2.17. The third kappa shape index (κ3) is 3.50. The Morgan fingerprint density at radius 1 is 1.11 bits per heavy atom. The molecule has 27 heavy (non-hydrogen) atoms. The van der Waals surface area contributed by atoms with Crippen molar-refractivity contribution in [3.63, 3.8) is 0 Å². The highest BCUT2D eigenvalue weighted by atomic mass is 35.5. The van der Waals surface area contributed by atoms with Crippen LogP contribution >= 0.6 is 11.6 Å². The SMILES string of the molecule is Cc1ccc(C(=O)COc2cc3oc(=O)c4c(c3cc2Cl)CCCC4)cc1. The first kappa shape index (κ1) is 17.8. The largest absolute Gasteiger partial charge is 0.484 e. The highest BCUT2D eigenvalue weighted by Gasteiger charge is 2.20. The molecule has 0 radical (unpaired) electrons. The normalized spacial score (nSPS) is 13.4. The molecule has 0 atom stereocenters. The summed E-state index contributed by atoms with van der Waals surface area (Å²) in [6.07, 6.45) is 3.64. The van der Waals surface area contributed by atoms with Crippen LogP contribution in [0.25, 0.3) is 11.0 Å². The molecule has 4 nitrogen and oxygen atoms in total. The highest BCUT2D eigenvalue weighted by Crippen LogP contribution is 2.34. The number of rotatable bonds is 4. The van der Waals surface area contributed by atoms with Gasteiger partial charge in [0.05, 0.1) is 5.02 Å². The van der Waals surface area contributed by atoms with E-state index in [1.54, 1.807) is 24.3 Å². The van der Waals surface area contributed by atoms with E-state index in [1.165, 1.54) is 0 Å². The first-order valence-electron chi connectivity index (χ1n) is 9.04. The molecule has 138 valence electrons. The second-order valence-electron chi connectivity index (χ2n) is 6.91. The zero-order valence-corrected chi connectivity index (χ0v) is 15.8. The molecule has 5 heteroatoms. The van der Waals surface area contributed by atoms with Gasteiger partial charge in [0.1, 0.15) is 11.3 Å². The number of Topliss-reactive ketones (excluding diaryl/α,β-unsaturated/α-hetero) is 1. The van der Waals surface area contributed by atoms with Crippen LogP contribution in [-0.2, 0) is 12.8 Å². The van der Waals surface area contributed by atoms with E-state index in [0.29, 0.717) is 21.9 Å². The number of ether oxygens (including phenoxy) is 1. The molecule has 4 rings (SSSR count). The zero-order valence-electron chi connectivity index (χ0n) is 15.0. The number of fused-ring (bicyclic) bond motifs is 3. The van der Waals surface area contributed by atoms with Crippen LogP contribution in [0.4, 0.5) is 0 Å². The molecule has 1 aromatic heterocycles. The maximum Gasteiger partial charge on any atom is 0.339 e. The van der Waals surface area contributed by atoms with E-state index in [-0.39, 0.29) is 18.0 Å². The number of aryl methyl sites for hydroxylation is 2. The minimum absolute atomic E-state index is 0.135. The topological polar surface area (TPSA) is 56.5 Å². The van der Waals surface area contributed by atoms with Gasteiger partial charge in [-0.25, -0.2) is 4.79 Å². The second kappa shape index (κ2) is 7.20. The highest BCUT2D eigenvalue weighted by molar-refractivity contribution is 6.32. The van der Waals surface area contributed by atoms with E-state index >= 15 is 0 Å². The van der Waals surface area contributed by atoms with E-state index in [0.717, 1.165) is 47.8 Å². The molecule has 0 N–H and O–H groups in total. The maximum absolute atomic E-state index is 12.3. The predicted octanol–water partition coefficient (Wildman–Crippen LogP) is 4.90. The standard InChI is InChI=1S/C22H19ClO4/c1-13-6-8-14(9-7-13)19(24)12-26-21-11-20-17(10-18(21)23)15-4-2-3-5-16(15)22(25)27-20/h6-11H,2-5,12H2,1H3. The van der Waals surface area contributed by atoms with E-state index in [2.05, 4.69) is 0 Å². The fourth-order valence-electron chi connectivity index (χ4n) is 3.52. The third-order valence-electron chi connectivity index (χ3n) is 5.01. The van der Waals surface area contributed by atoms with Gasteiger partial charge in [0, 0.05) is 22.6 Å². The smallest absolute Gasteiger partial charge is 0.339 e. The Kier molecular flexibility index (Phi) is 4.75. The van der Waals surface area contributed by atoms with Gasteiger partial charge in [0.25, 0.3) is 0 Å². The van der Waals surface area contributed by atoms with Gasteiger partial charge in [-0.05, 0) is 44.2 Å². The van der Waals surface area contributed by atoms with Gasteiger partial charge in [-0.2, -0.15) is 0 Å². The zero-order chi connectivity index (χ0) is 19.0. The Labute approximate surface area is 161 Å². The van der Waals surface area contributed by atoms with Crippen molar-refractivity contribution in [3.05, 3.63) is 74.1 Å². The van der Waals surface area contributed by atoms with Crippen molar-refractivity contribution in [1.29, 1.82) is 0 Å². The Balaban J connectivity index is 1.62. The Morgan fingerprint density at radius 3 is 2.56 bits per heavy atom. The van der Waals surface area contributed by atoms with Gasteiger partial charge in [-0.15, -0.1) is 0 Å². The van der Waals surface area contributed by atoms with Crippen LogP contribution in [0.2, 0.25) is 5.02 Å². The van der Waals surface area contributed by atoms with Crippen LogP contribution in [0.3, 0.4) is 0 Å². The molecular weight excluding hydrogens is 364 g/mol. The lowest BCUT2D eigenvalue weighted by Crippen LogP contribution is -2.16. The van der Waals surface area contributed by atoms with Gasteiger partial charge in [-0.1, -0.05) is 41.4 Å². The average Bonchev–Trinajstić information content (AvgIpc) is 2.68. The van der Waals surface area contributed by atoms with E-state index in [9.17, 15) is 9.59 Å². The molecular formula is C22H19ClO4. The quantitative estimate of drug-likeness (QED) is 0.476. The van der Waals surface area contributed by atoms with E-state index in [1.807, 2.05) is 19.1 Å². The summed E-state index contributed by atoms with van der Waals surface area (Å²) in [7, 11) is 0. The van der Waals surface area contributed by atoms with Crippen molar-refractivity contribution in [2.24, 2.45) is 0 Å². The van der Waals surface area contributed by atoms with Gasteiger partial charge < -0.3 is 9.15 Å². The van der Waals surface area contributed by atoms with Crippen molar-refractivity contribution < 1.29 is 13.9 Å². The second-order valence-corrected chi connectivity index (χ2v) is 7.32. The average molecular weight is 383 g/mol. The lowest BCUT2D eigenvalue weighted by molar-refractivity contribution is 0.0921. The number of carbonyl (C=O) groups is 1. The minimum Gasteiger partial charge on any atom is -0.484 e. The molecule has 0 saturated heterocycles. The third-order valence-corrected chi connectivity index (χ3v) is 5.30. The summed E-state index contributed by atoms with van der Waals surface area (Å²) in [5.74, 6) is 0.196. The lowest BCUT2D eigenvalue weighted by atomic mass is 9.91. The molecule has 1 aliphatic rings. The number of benzene rings is 2. The minimum atomic E-state index is -0.291. The summed E-state index contributed by atoms with van der Waals surface area (Å²) < 4.78 is 11.1. The van der Waals surface area contributed by atoms with Crippen LogP contribution in [0, 0.1) is 6.92 Å². The summed E-state index contributed by atoms with van der Waals surface area (Å²) in [6.45, 7) is 1.83. The van der Waals surface area contributed by atoms with E-state index in [4.69, 9.17) is 20.8 Å². The fourth-order valence-corrected chi connectivity index (χ4v) is 3.74. The van der Waals surface area contributed by atoms with Crippen molar-refractivity contribution in [2.75, 3.05) is 6.61 Å². The van der Waals surface area contributed by atoms with Crippen LogP contribution in [0.15, 0.2) is 45.6 Å². The molecule has 0 unspecified atom stereocenters. The van der Waals surface area contributed by atoms with E-state index < -0.39 is 0 Å². The number of halogens is 1. The van der Waals surface area contributed by atoms with Crippen molar-refractivity contribution in [1.82, 2.24) is 0 Å². The van der Waals surface area contributed by atoms with Crippen molar-refractivity contribution in [3.8, 4) is 5.75 Å². The van der Waals surface area contributed by atoms with Crippen LogP contribution < -0.4 is 10.4 Å². The summed E-state index contributed by atoms with van der Waals surface area (Å²) in [4.78, 5) is 24.6. The first-order valence-corrected chi connectivity index (χ1v) is 9.41. The molecule has 0 aliphatic heterocycles. The Morgan fingerprint density at radius 2 is 1.81 bits per heavy atom. The number of hydrogen-bond donors (Lipinski definition) is 0. The molecule has 0 spiro atoms. The molecule has 0 bridgehead atoms. The van der Waals surface area contributed by atoms with Gasteiger partial charge in [0.2, 0.25) is 0 Å². The summed E-state index contributed by atoms with van der Waals surface area (Å²) >= 11 is 6.38. The summed E-state index contributed by atoms with van der Waals surface area (Å²) in [6, 6.07) is 10.7. The summed E-state index contributed by atoms with van der Waals surface area (Å²) in [5, 5.41) is 1.26. The van der Waals surface area contributed by atoms with Gasteiger partial charge >= 0.3 is 5.63 Å². The molecule has 0 fully saturated rings. The van der Waals surface area contributed by atoms with Gasteiger partial charge in [-0.3, -0.25) is 4.79 Å². The monoisotopic (exact) mass is 382 g/mol. The van der Waals surface area contributed by atoms with Crippen molar-refractivity contribution >= 4 is 28.4 Å². The number of hydrogen-bond acceptors (Lipinski definition) is 4. The van der Waals surface area contributed by atoms with Crippen LogP contribution in [0.5, 0.6) is 5.75 Å². The molecule has 0 saturated carbocycles. The molecule has 0 amide bonds. The van der Waals surface area contributed by atoms with Gasteiger partial charge in [0.15, 0.2) is 12.4 Å². The Hall–Kier alpha value is -2.59. The molecule has 3 aromatic rings. The number of ketones is 1. The molecule has 1 heterocycles. The van der Waals surface area contributed by atoms with Crippen LogP contribution in [0.1, 0.15) is 39.9 Å². The maximum atomic E-state index is 12.3. The summed E-state index contributed by atoms with van der Waals surface area (Å²) in [5.41, 5.74) is 3.61. The Bertz CT molecular complexity index is 1080. The van der Waals surface area contributed by atoms with Crippen LogP contribution in [-0.4, -0.2) is 12.4 Å².